The van der Waals surface area contributed by atoms with Crippen molar-refractivity contribution in [1.29, 1.82) is 0 Å². The number of aryl methyl sites for hydroxylation is 2. The third-order valence-corrected chi connectivity index (χ3v) is 7.39. The minimum atomic E-state index is -3.57. The fourth-order valence-corrected chi connectivity index (χ4v) is 5.26. The Bertz CT molecular complexity index is 746. The standard InChI is InChI=1S/C18H29N3O3S.ClH/c1-12-10-13(2)16(5)17(15(12)4)25(23,24)21-8-6-20(7-9-21)18(22)14(3)11-19;/h10,14H,6-9,11,19H2,1-5H3;1H. The molecular formula is C18H30ClN3O3S. The van der Waals surface area contributed by atoms with E-state index in [0.29, 0.717) is 37.6 Å². The number of sulfonamides is 1. The Balaban J connectivity index is 0.00000338. The largest absolute Gasteiger partial charge is 0.340 e. The van der Waals surface area contributed by atoms with Crippen LogP contribution in [0.15, 0.2) is 11.0 Å². The van der Waals surface area contributed by atoms with Crippen molar-refractivity contribution in [2.45, 2.75) is 39.5 Å². The molecule has 1 atom stereocenters. The minimum Gasteiger partial charge on any atom is -0.340 e. The topological polar surface area (TPSA) is 83.7 Å². The fourth-order valence-electron chi connectivity index (χ4n) is 3.26. The molecule has 1 aromatic rings. The molecule has 0 aromatic heterocycles. The molecule has 1 aliphatic heterocycles. The molecule has 1 aliphatic rings. The van der Waals surface area contributed by atoms with Crippen LogP contribution in [-0.2, 0) is 14.8 Å². The third-order valence-electron chi connectivity index (χ3n) is 5.22. The van der Waals surface area contributed by atoms with Gasteiger partial charge in [0.05, 0.1) is 4.90 Å². The monoisotopic (exact) mass is 403 g/mol. The van der Waals surface area contributed by atoms with Crippen LogP contribution in [0.5, 0.6) is 0 Å². The maximum atomic E-state index is 13.2. The summed E-state index contributed by atoms with van der Waals surface area (Å²) in [6.45, 7) is 11.1. The number of hydrogen-bond donors (Lipinski definition) is 1. The molecular weight excluding hydrogens is 374 g/mol. The van der Waals surface area contributed by atoms with Gasteiger partial charge in [-0.3, -0.25) is 4.79 Å². The van der Waals surface area contributed by atoms with Gasteiger partial charge in [-0.25, -0.2) is 8.42 Å². The van der Waals surface area contributed by atoms with Crippen LogP contribution >= 0.6 is 12.4 Å². The number of piperazine rings is 1. The van der Waals surface area contributed by atoms with Crippen LogP contribution < -0.4 is 5.73 Å². The summed E-state index contributed by atoms with van der Waals surface area (Å²) in [5.74, 6) is -0.231. The number of nitrogens with two attached hydrogens (primary N) is 1. The highest BCUT2D eigenvalue weighted by Crippen LogP contribution is 2.29. The van der Waals surface area contributed by atoms with Gasteiger partial charge < -0.3 is 10.6 Å². The van der Waals surface area contributed by atoms with Gasteiger partial charge in [-0.1, -0.05) is 13.0 Å². The summed E-state index contributed by atoms with van der Waals surface area (Å²) in [6.07, 6.45) is 0. The number of hydrogen-bond acceptors (Lipinski definition) is 4. The van der Waals surface area contributed by atoms with Crippen LogP contribution in [0.3, 0.4) is 0 Å². The molecule has 0 saturated carbocycles. The first-order valence-corrected chi connectivity index (χ1v) is 10.1. The van der Waals surface area contributed by atoms with Crippen LogP contribution in [0.25, 0.3) is 0 Å². The predicted molar refractivity (Wildman–Crippen MR) is 106 cm³/mol. The van der Waals surface area contributed by atoms with Gasteiger partial charge in [0.1, 0.15) is 0 Å². The van der Waals surface area contributed by atoms with Gasteiger partial charge in [-0.05, 0) is 49.9 Å². The summed E-state index contributed by atoms with van der Waals surface area (Å²) >= 11 is 0. The summed E-state index contributed by atoms with van der Waals surface area (Å²) < 4.78 is 27.9. The molecule has 6 nitrogen and oxygen atoms in total. The lowest BCUT2D eigenvalue weighted by Gasteiger charge is -2.35. The van der Waals surface area contributed by atoms with E-state index in [4.69, 9.17) is 5.73 Å². The van der Waals surface area contributed by atoms with Gasteiger partial charge in [0, 0.05) is 38.6 Å². The first kappa shape index (κ1) is 22.9. The molecule has 1 saturated heterocycles. The lowest BCUT2D eigenvalue weighted by molar-refractivity contribution is -0.135. The highest BCUT2D eigenvalue weighted by molar-refractivity contribution is 7.89. The number of nitrogens with zero attached hydrogens (tertiary/aromatic N) is 2. The lowest BCUT2D eigenvalue weighted by Crippen LogP contribution is -2.52. The van der Waals surface area contributed by atoms with Crippen LogP contribution in [0.4, 0.5) is 0 Å². The molecule has 1 aromatic carbocycles. The summed E-state index contributed by atoms with van der Waals surface area (Å²) in [4.78, 5) is 14.4. The quantitative estimate of drug-likeness (QED) is 0.830. The van der Waals surface area contributed by atoms with E-state index in [1.807, 2.05) is 33.8 Å². The van der Waals surface area contributed by atoms with Crippen molar-refractivity contribution < 1.29 is 13.2 Å². The van der Waals surface area contributed by atoms with Crippen LogP contribution in [0, 0.1) is 33.6 Å². The zero-order valence-electron chi connectivity index (χ0n) is 16.2. The van der Waals surface area contributed by atoms with Gasteiger partial charge in [-0.2, -0.15) is 4.31 Å². The predicted octanol–water partition coefficient (Wildman–Crippen LogP) is 1.77. The summed E-state index contributed by atoms with van der Waals surface area (Å²) in [6, 6.07) is 2.02. The lowest BCUT2D eigenvalue weighted by atomic mass is 10.0. The number of benzene rings is 1. The number of rotatable bonds is 4. The third kappa shape index (κ3) is 4.22. The zero-order valence-corrected chi connectivity index (χ0v) is 17.8. The summed E-state index contributed by atoms with van der Waals surface area (Å²) in [7, 11) is -3.57. The molecule has 1 amide bonds. The molecule has 1 heterocycles. The number of carbonyl (C=O) groups excluding carboxylic acids is 1. The first-order chi connectivity index (χ1) is 11.6. The molecule has 0 spiro atoms. The van der Waals surface area contributed by atoms with Gasteiger partial charge in [0.2, 0.25) is 15.9 Å². The SMILES string of the molecule is Cc1cc(C)c(C)c(S(=O)(=O)N2CCN(C(=O)C(C)CN)CC2)c1C.Cl. The van der Waals surface area contributed by atoms with E-state index in [-0.39, 0.29) is 24.2 Å². The molecule has 1 unspecified atom stereocenters. The van der Waals surface area contributed by atoms with Crippen LogP contribution in [0.1, 0.15) is 29.2 Å². The number of halogens is 1. The first-order valence-electron chi connectivity index (χ1n) is 8.67. The minimum absolute atomic E-state index is 0. The second kappa shape index (κ2) is 8.69. The van der Waals surface area contributed by atoms with Gasteiger partial charge in [-0.15, -0.1) is 12.4 Å². The second-order valence-corrected chi connectivity index (χ2v) is 8.83. The summed E-state index contributed by atoms with van der Waals surface area (Å²) in [5, 5.41) is 0. The van der Waals surface area contributed by atoms with Gasteiger partial charge in [0.25, 0.3) is 0 Å². The Hall–Kier alpha value is -1.15. The van der Waals surface area contributed by atoms with E-state index >= 15 is 0 Å². The van der Waals surface area contributed by atoms with E-state index in [9.17, 15) is 13.2 Å². The van der Waals surface area contributed by atoms with Crippen molar-refractivity contribution in [2.24, 2.45) is 11.7 Å². The van der Waals surface area contributed by atoms with Crippen molar-refractivity contribution in [3.05, 3.63) is 28.3 Å². The molecule has 0 bridgehead atoms. The molecule has 2 N–H and O–H groups in total. The van der Waals surface area contributed by atoms with Crippen LogP contribution in [0.2, 0.25) is 0 Å². The molecule has 1 fully saturated rings. The highest BCUT2D eigenvalue weighted by atomic mass is 35.5. The number of amides is 1. The maximum absolute atomic E-state index is 13.2. The summed E-state index contributed by atoms with van der Waals surface area (Å²) in [5.41, 5.74) is 9.13. The van der Waals surface area contributed by atoms with Crippen molar-refractivity contribution in [3.8, 4) is 0 Å². The molecule has 8 heteroatoms. The smallest absolute Gasteiger partial charge is 0.243 e. The maximum Gasteiger partial charge on any atom is 0.243 e. The van der Waals surface area contributed by atoms with E-state index in [1.54, 1.807) is 11.8 Å². The second-order valence-electron chi connectivity index (χ2n) is 6.96. The van der Waals surface area contributed by atoms with Crippen molar-refractivity contribution in [1.82, 2.24) is 9.21 Å². The Morgan fingerprint density at radius 3 is 1.96 bits per heavy atom. The van der Waals surface area contributed by atoms with Crippen molar-refractivity contribution in [3.63, 3.8) is 0 Å². The highest BCUT2D eigenvalue weighted by Gasteiger charge is 2.33. The zero-order chi connectivity index (χ0) is 18.9. The Labute approximate surface area is 163 Å². The molecule has 148 valence electrons. The van der Waals surface area contributed by atoms with E-state index in [2.05, 4.69) is 0 Å². The van der Waals surface area contributed by atoms with E-state index in [0.717, 1.165) is 22.3 Å². The van der Waals surface area contributed by atoms with E-state index < -0.39 is 10.0 Å². The number of carbonyl (C=O) groups is 1. The van der Waals surface area contributed by atoms with E-state index in [1.165, 1.54) is 4.31 Å². The van der Waals surface area contributed by atoms with Crippen molar-refractivity contribution in [2.75, 3.05) is 32.7 Å². The molecule has 0 aliphatic carbocycles. The van der Waals surface area contributed by atoms with Gasteiger partial charge in [0.15, 0.2) is 0 Å². The average molecular weight is 404 g/mol. The van der Waals surface area contributed by atoms with Crippen molar-refractivity contribution >= 4 is 28.3 Å². The average Bonchev–Trinajstić information content (AvgIpc) is 2.58. The van der Waals surface area contributed by atoms with Crippen LogP contribution in [-0.4, -0.2) is 56.3 Å². The molecule has 2 rings (SSSR count). The molecule has 0 radical (unpaired) electrons. The Morgan fingerprint density at radius 2 is 1.54 bits per heavy atom. The Morgan fingerprint density at radius 1 is 1.08 bits per heavy atom. The van der Waals surface area contributed by atoms with Gasteiger partial charge >= 0.3 is 0 Å². The normalized spacial score (nSPS) is 16.9. The Kier molecular flexibility index (Phi) is 7.65. The fraction of sp³-hybridized carbons (Fsp3) is 0.611. The molecule has 26 heavy (non-hydrogen) atoms.